The van der Waals surface area contributed by atoms with Crippen molar-refractivity contribution in [2.75, 3.05) is 11.9 Å². The average Bonchev–Trinajstić information content (AvgIpc) is 3.37. The number of thiazole rings is 1. The van der Waals surface area contributed by atoms with E-state index in [2.05, 4.69) is 35.0 Å². The summed E-state index contributed by atoms with van der Waals surface area (Å²) in [6, 6.07) is 5.92. The SMILES string of the molecule is C=CCO/N=C1\CC(CCC(=O)Nc2ncc(C)s2)C2C3CCc4cc(O)ccc4C3CCC12C. The molecule has 3 aliphatic carbocycles. The van der Waals surface area contributed by atoms with Crippen molar-refractivity contribution in [1.29, 1.82) is 0 Å². The van der Waals surface area contributed by atoms with Crippen LogP contribution in [0.2, 0.25) is 0 Å². The summed E-state index contributed by atoms with van der Waals surface area (Å²) in [6.45, 7) is 8.52. The van der Waals surface area contributed by atoms with Crippen LogP contribution in [0.4, 0.5) is 5.13 Å². The molecule has 1 heterocycles. The third-order valence-electron chi connectivity index (χ3n) is 8.56. The third kappa shape index (κ3) is 4.63. The number of rotatable bonds is 7. The summed E-state index contributed by atoms with van der Waals surface area (Å²) in [6.07, 6.45) is 10.0. The van der Waals surface area contributed by atoms with Gasteiger partial charge in [-0.3, -0.25) is 4.79 Å². The predicted octanol–water partition coefficient (Wildman–Crippen LogP) is 6.22. The van der Waals surface area contributed by atoms with Gasteiger partial charge in [-0.1, -0.05) is 30.8 Å². The number of hydrogen-bond donors (Lipinski definition) is 2. The van der Waals surface area contributed by atoms with Gasteiger partial charge in [0.2, 0.25) is 5.91 Å². The van der Waals surface area contributed by atoms with Crippen molar-refractivity contribution in [3.63, 3.8) is 0 Å². The van der Waals surface area contributed by atoms with E-state index in [0.29, 0.717) is 47.6 Å². The van der Waals surface area contributed by atoms with Gasteiger partial charge in [-0.25, -0.2) is 4.98 Å². The first-order valence-electron chi connectivity index (χ1n) is 12.7. The molecule has 0 aliphatic heterocycles. The Labute approximate surface area is 211 Å². The zero-order chi connectivity index (χ0) is 24.6. The molecule has 5 atom stereocenters. The molecule has 5 rings (SSSR count). The zero-order valence-electron chi connectivity index (χ0n) is 20.6. The zero-order valence-corrected chi connectivity index (χ0v) is 21.4. The lowest BCUT2D eigenvalue weighted by atomic mass is 9.54. The fourth-order valence-electron chi connectivity index (χ4n) is 7.14. The molecule has 7 heteroatoms. The van der Waals surface area contributed by atoms with Crippen molar-refractivity contribution >= 4 is 28.1 Å². The number of anilines is 1. The molecule has 35 heavy (non-hydrogen) atoms. The topological polar surface area (TPSA) is 83.8 Å². The fraction of sp³-hybridized carbons (Fsp3) is 0.536. The van der Waals surface area contributed by atoms with Crippen molar-refractivity contribution < 1.29 is 14.7 Å². The maximum atomic E-state index is 12.8. The number of hydrogen-bond acceptors (Lipinski definition) is 6. The summed E-state index contributed by atoms with van der Waals surface area (Å²) in [5.41, 5.74) is 3.85. The maximum absolute atomic E-state index is 12.8. The molecular formula is C28H35N3O3S. The molecule has 6 nitrogen and oxygen atoms in total. The number of nitrogens with one attached hydrogen (secondary N) is 1. The summed E-state index contributed by atoms with van der Waals surface area (Å²) < 4.78 is 0. The molecule has 0 radical (unpaired) electrons. The first-order valence-corrected chi connectivity index (χ1v) is 13.5. The van der Waals surface area contributed by atoms with Gasteiger partial charge < -0.3 is 15.3 Å². The number of amides is 1. The molecule has 1 aromatic heterocycles. The van der Waals surface area contributed by atoms with Crippen LogP contribution in [0.3, 0.4) is 0 Å². The van der Waals surface area contributed by atoms with E-state index < -0.39 is 0 Å². The number of aromatic hydroxyl groups is 1. The Bertz CT molecular complexity index is 1140. The van der Waals surface area contributed by atoms with Gasteiger partial charge in [-0.05, 0) is 92.4 Å². The van der Waals surface area contributed by atoms with E-state index in [0.717, 1.165) is 49.1 Å². The Kier molecular flexibility index (Phi) is 6.71. The molecule has 0 saturated heterocycles. The smallest absolute Gasteiger partial charge is 0.226 e. The highest BCUT2D eigenvalue weighted by molar-refractivity contribution is 7.15. The molecular weight excluding hydrogens is 458 g/mol. The Hall–Kier alpha value is -2.67. The number of carbonyl (C=O) groups is 1. The van der Waals surface area contributed by atoms with Crippen LogP contribution >= 0.6 is 11.3 Å². The number of phenols is 1. The van der Waals surface area contributed by atoms with E-state index in [1.807, 2.05) is 19.1 Å². The number of aromatic nitrogens is 1. The second-order valence-electron chi connectivity index (χ2n) is 10.6. The standard InChI is InChI=1S/C28H35N3O3S/c1-4-13-34-31-24-15-19(6-10-25(33)30-27-29-16-17(2)35-27)26-23-8-5-18-14-20(32)7-9-21(18)22(23)11-12-28(24,26)3/h4,7,9,14,16,19,22-23,26,32H,1,5-6,8,10-13,15H2,2-3H3,(H,29,30,33)/b31-24+. The number of phenolic OH excluding ortho intramolecular Hbond substituents is 1. The van der Waals surface area contributed by atoms with Crippen LogP contribution in [0, 0.1) is 30.1 Å². The summed E-state index contributed by atoms with van der Waals surface area (Å²) in [5.74, 6) is 2.29. The summed E-state index contributed by atoms with van der Waals surface area (Å²) in [4.78, 5) is 23.7. The van der Waals surface area contributed by atoms with E-state index in [1.165, 1.54) is 22.5 Å². The molecule has 0 spiro atoms. The van der Waals surface area contributed by atoms with Gasteiger partial charge in [0.15, 0.2) is 5.13 Å². The maximum Gasteiger partial charge on any atom is 0.226 e. The highest BCUT2D eigenvalue weighted by atomic mass is 32.1. The minimum absolute atomic E-state index is 0.00960. The number of oxime groups is 1. The largest absolute Gasteiger partial charge is 0.508 e. The summed E-state index contributed by atoms with van der Waals surface area (Å²) in [7, 11) is 0. The number of benzene rings is 1. The lowest BCUT2D eigenvalue weighted by Gasteiger charge is -2.50. The van der Waals surface area contributed by atoms with Crippen molar-refractivity contribution in [2.45, 2.75) is 64.7 Å². The van der Waals surface area contributed by atoms with Gasteiger partial charge in [-0.2, -0.15) is 0 Å². The summed E-state index contributed by atoms with van der Waals surface area (Å²) >= 11 is 1.51. The molecule has 2 aromatic rings. The second-order valence-corrected chi connectivity index (χ2v) is 11.9. The van der Waals surface area contributed by atoms with Gasteiger partial charge in [0, 0.05) is 22.9 Å². The van der Waals surface area contributed by atoms with Crippen molar-refractivity contribution in [1.82, 2.24) is 4.98 Å². The second kappa shape index (κ2) is 9.76. The molecule has 1 aromatic carbocycles. The first-order chi connectivity index (χ1) is 16.9. The number of aryl methyl sites for hydroxylation is 2. The van der Waals surface area contributed by atoms with Gasteiger partial charge in [-0.15, -0.1) is 11.3 Å². The van der Waals surface area contributed by atoms with Crippen LogP contribution in [-0.4, -0.2) is 28.3 Å². The van der Waals surface area contributed by atoms with Crippen LogP contribution in [0.1, 0.15) is 67.4 Å². The van der Waals surface area contributed by atoms with E-state index in [-0.39, 0.29) is 11.3 Å². The molecule has 3 aliphatic rings. The highest BCUT2D eigenvalue weighted by Gasteiger charge is 2.57. The van der Waals surface area contributed by atoms with Gasteiger partial charge in [0.05, 0.1) is 5.71 Å². The van der Waals surface area contributed by atoms with Gasteiger partial charge in [0.1, 0.15) is 12.4 Å². The van der Waals surface area contributed by atoms with E-state index in [4.69, 9.17) is 4.84 Å². The lowest BCUT2D eigenvalue weighted by Crippen LogP contribution is -2.44. The number of fused-ring (bicyclic) bond motifs is 5. The number of nitrogens with zero attached hydrogens (tertiary/aromatic N) is 2. The molecule has 2 fully saturated rings. The third-order valence-corrected chi connectivity index (χ3v) is 9.39. The molecule has 2 saturated carbocycles. The minimum Gasteiger partial charge on any atom is -0.508 e. The van der Waals surface area contributed by atoms with E-state index in [9.17, 15) is 9.90 Å². The Morgan fingerprint density at radius 2 is 2.29 bits per heavy atom. The van der Waals surface area contributed by atoms with Gasteiger partial charge in [0.25, 0.3) is 0 Å². The molecule has 186 valence electrons. The van der Waals surface area contributed by atoms with Crippen LogP contribution in [0.5, 0.6) is 5.75 Å². The van der Waals surface area contributed by atoms with Crippen LogP contribution in [0.15, 0.2) is 42.2 Å². The average molecular weight is 494 g/mol. The van der Waals surface area contributed by atoms with E-state index >= 15 is 0 Å². The minimum atomic E-state index is -0.00960. The number of carbonyl (C=O) groups excluding carboxylic acids is 1. The predicted molar refractivity (Wildman–Crippen MR) is 140 cm³/mol. The normalized spacial score (nSPS) is 30.3. The van der Waals surface area contributed by atoms with Crippen LogP contribution in [0.25, 0.3) is 0 Å². The van der Waals surface area contributed by atoms with Crippen molar-refractivity contribution in [3.05, 3.63) is 53.1 Å². The highest BCUT2D eigenvalue weighted by Crippen LogP contribution is 2.62. The van der Waals surface area contributed by atoms with Crippen LogP contribution in [-0.2, 0) is 16.1 Å². The molecule has 5 unspecified atom stereocenters. The molecule has 0 bridgehead atoms. The molecule has 2 N–H and O–H groups in total. The Balaban J connectivity index is 1.38. The fourth-order valence-corrected chi connectivity index (χ4v) is 7.82. The lowest BCUT2D eigenvalue weighted by molar-refractivity contribution is -0.116. The van der Waals surface area contributed by atoms with E-state index in [1.54, 1.807) is 12.3 Å². The van der Waals surface area contributed by atoms with Gasteiger partial charge >= 0.3 is 0 Å². The molecule has 1 amide bonds. The van der Waals surface area contributed by atoms with Crippen molar-refractivity contribution in [2.24, 2.45) is 28.3 Å². The monoisotopic (exact) mass is 493 g/mol. The summed E-state index contributed by atoms with van der Waals surface area (Å²) in [5, 5.41) is 18.3. The first kappa shape index (κ1) is 24.0. The van der Waals surface area contributed by atoms with Crippen molar-refractivity contribution in [3.8, 4) is 5.75 Å². The quantitative estimate of drug-likeness (QED) is 0.273. The Morgan fingerprint density at radius 3 is 3.06 bits per heavy atom. The van der Waals surface area contributed by atoms with Crippen LogP contribution < -0.4 is 5.32 Å². The Morgan fingerprint density at radius 1 is 1.43 bits per heavy atom.